The molecule has 7 heteroatoms. The van der Waals surface area contributed by atoms with Crippen LogP contribution in [0.25, 0.3) is 10.8 Å². The van der Waals surface area contributed by atoms with Gasteiger partial charge in [0.1, 0.15) is 0 Å². The highest BCUT2D eigenvalue weighted by molar-refractivity contribution is 6.26. The van der Waals surface area contributed by atoms with Gasteiger partial charge >= 0.3 is 0 Å². The number of imide groups is 1. The van der Waals surface area contributed by atoms with Gasteiger partial charge in [0, 0.05) is 53.2 Å². The SMILES string of the molecule is O=C([O-])CCCCCN1C(=O)c2cccc3c(N4CCOCC4)ccc(c23)C1=O. The highest BCUT2D eigenvalue weighted by Crippen LogP contribution is 2.36. The Morgan fingerprint density at radius 2 is 1.69 bits per heavy atom. The summed E-state index contributed by atoms with van der Waals surface area (Å²) in [5.41, 5.74) is 2.11. The maximum Gasteiger partial charge on any atom is 0.261 e. The Kier molecular flexibility index (Phi) is 5.49. The van der Waals surface area contributed by atoms with E-state index in [1.165, 1.54) is 4.90 Å². The van der Waals surface area contributed by atoms with Crippen LogP contribution in [0, 0.1) is 0 Å². The number of carboxylic acids is 1. The lowest BCUT2D eigenvalue weighted by Crippen LogP contribution is -2.41. The highest BCUT2D eigenvalue weighted by atomic mass is 16.5. The van der Waals surface area contributed by atoms with Crippen LogP contribution in [-0.4, -0.2) is 55.5 Å². The smallest absolute Gasteiger partial charge is 0.261 e. The first kappa shape index (κ1) is 19.4. The van der Waals surface area contributed by atoms with Crippen molar-refractivity contribution in [2.45, 2.75) is 25.7 Å². The number of benzene rings is 2. The molecule has 2 aromatic carbocycles. The average Bonchev–Trinajstić information content (AvgIpc) is 2.74. The molecule has 2 aromatic rings. The van der Waals surface area contributed by atoms with Gasteiger partial charge in [-0.15, -0.1) is 0 Å². The molecule has 0 aromatic heterocycles. The fourth-order valence-corrected chi connectivity index (χ4v) is 4.13. The van der Waals surface area contributed by atoms with Crippen LogP contribution in [0.3, 0.4) is 0 Å². The van der Waals surface area contributed by atoms with Gasteiger partial charge in [-0.2, -0.15) is 0 Å². The lowest BCUT2D eigenvalue weighted by Gasteiger charge is -2.32. The second-order valence-electron chi connectivity index (χ2n) is 7.40. The molecule has 0 saturated carbocycles. The molecule has 0 aliphatic carbocycles. The number of carbonyl (C=O) groups is 3. The van der Waals surface area contributed by atoms with Gasteiger partial charge in [0.25, 0.3) is 11.8 Å². The minimum atomic E-state index is -1.08. The zero-order valence-electron chi connectivity index (χ0n) is 16.2. The van der Waals surface area contributed by atoms with Crippen molar-refractivity contribution in [3.05, 3.63) is 41.5 Å². The molecule has 0 spiro atoms. The number of ether oxygens (including phenoxy) is 1. The Morgan fingerprint density at radius 3 is 2.41 bits per heavy atom. The zero-order chi connectivity index (χ0) is 20.4. The van der Waals surface area contributed by atoms with Crippen molar-refractivity contribution < 1.29 is 24.2 Å². The summed E-state index contributed by atoms with van der Waals surface area (Å²) in [6, 6.07) is 9.36. The van der Waals surface area contributed by atoms with Crippen LogP contribution in [-0.2, 0) is 9.53 Å². The van der Waals surface area contributed by atoms with Gasteiger partial charge in [0.2, 0.25) is 0 Å². The predicted molar refractivity (Wildman–Crippen MR) is 106 cm³/mol. The molecule has 2 aliphatic rings. The first-order valence-electron chi connectivity index (χ1n) is 10.0. The first-order chi connectivity index (χ1) is 14.1. The summed E-state index contributed by atoms with van der Waals surface area (Å²) < 4.78 is 5.44. The molecule has 7 nitrogen and oxygen atoms in total. The fourth-order valence-electron chi connectivity index (χ4n) is 4.13. The molecule has 2 heterocycles. The Bertz CT molecular complexity index is 943. The summed E-state index contributed by atoms with van der Waals surface area (Å²) in [5.74, 6) is -1.65. The van der Waals surface area contributed by atoms with Crippen LogP contribution in [0.4, 0.5) is 5.69 Å². The van der Waals surface area contributed by atoms with E-state index in [0.29, 0.717) is 43.6 Å². The number of amides is 2. The molecule has 2 amide bonds. The molecule has 0 bridgehead atoms. The Morgan fingerprint density at radius 1 is 0.966 bits per heavy atom. The van der Waals surface area contributed by atoms with E-state index < -0.39 is 5.97 Å². The van der Waals surface area contributed by atoms with E-state index in [1.54, 1.807) is 6.07 Å². The predicted octanol–water partition coefficient (Wildman–Crippen LogP) is 1.58. The van der Waals surface area contributed by atoms with Crippen LogP contribution >= 0.6 is 0 Å². The standard InChI is InChI=1S/C22H24N2O5/c25-19(26)7-2-1-3-10-24-21(27)16-6-4-5-15-18(23-11-13-29-14-12-23)9-8-17(20(15)16)22(24)28/h4-6,8-9H,1-3,7,10-14H2,(H,25,26)/p-1. The Hall–Kier alpha value is -2.93. The number of rotatable bonds is 7. The van der Waals surface area contributed by atoms with E-state index in [2.05, 4.69) is 4.90 Å². The number of hydrogen-bond donors (Lipinski definition) is 0. The second kappa shape index (κ2) is 8.21. The lowest BCUT2D eigenvalue weighted by molar-refractivity contribution is -0.305. The maximum absolute atomic E-state index is 13.0. The normalized spacial score (nSPS) is 16.6. The maximum atomic E-state index is 13.0. The van der Waals surface area contributed by atoms with E-state index in [-0.39, 0.29) is 24.8 Å². The molecule has 1 saturated heterocycles. The van der Waals surface area contributed by atoms with Gasteiger partial charge in [-0.1, -0.05) is 18.6 Å². The number of anilines is 1. The molecule has 29 heavy (non-hydrogen) atoms. The lowest BCUT2D eigenvalue weighted by atomic mass is 9.92. The average molecular weight is 395 g/mol. The number of nitrogens with zero attached hydrogens (tertiary/aromatic N) is 2. The summed E-state index contributed by atoms with van der Waals surface area (Å²) in [6.45, 7) is 3.15. The van der Waals surface area contributed by atoms with E-state index in [0.717, 1.165) is 29.5 Å². The number of unbranched alkanes of at least 4 members (excludes halogenated alkanes) is 2. The molecule has 4 rings (SSSR count). The Labute approximate surface area is 168 Å². The molecule has 152 valence electrons. The van der Waals surface area contributed by atoms with Crippen molar-refractivity contribution in [3.8, 4) is 0 Å². The minimum Gasteiger partial charge on any atom is -0.550 e. The largest absolute Gasteiger partial charge is 0.550 e. The van der Waals surface area contributed by atoms with Crippen LogP contribution in [0.2, 0.25) is 0 Å². The summed E-state index contributed by atoms with van der Waals surface area (Å²) in [5, 5.41) is 12.1. The Balaban J connectivity index is 1.61. The van der Waals surface area contributed by atoms with E-state index in [4.69, 9.17) is 4.74 Å². The van der Waals surface area contributed by atoms with Crippen molar-refractivity contribution in [2.24, 2.45) is 0 Å². The third-order valence-corrected chi connectivity index (χ3v) is 5.58. The molecule has 0 atom stereocenters. The van der Waals surface area contributed by atoms with Gasteiger partial charge in [-0.05, 0) is 37.5 Å². The minimum absolute atomic E-state index is 0.00560. The zero-order valence-corrected chi connectivity index (χ0v) is 16.2. The van der Waals surface area contributed by atoms with Crippen LogP contribution in [0.5, 0.6) is 0 Å². The summed E-state index contributed by atoms with van der Waals surface area (Å²) in [7, 11) is 0. The second-order valence-corrected chi connectivity index (χ2v) is 7.40. The molecular formula is C22H23N2O5-. The van der Waals surface area contributed by atoms with Gasteiger partial charge in [0.15, 0.2) is 0 Å². The van der Waals surface area contributed by atoms with Crippen molar-refractivity contribution in [1.29, 1.82) is 0 Å². The topological polar surface area (TPSA) is 90.0 Å². The first-order valence-corrected chi connectivity index (χ1v) is 10.0. The van der Waals surface area contributed by atoms with Gasteiger partial charge in [-0.25, -0.2) is 0 Å². The quantitative estimate of drug-likeness (QED) is 0.522. The number of morpholine rings is 1. The van der Waals surface area contributed by atoms with Gasteiger partial charge in [0.05, 0.1) is 13.2 Å². The number of aliphatic carboxylic acids is 1. The summed E-state index contributed by atoms with van der Waals surface area (Å²) in [4.78, 5) is 40.1. The van der Waals surface area contributed by atoms with Crippen molar-refractivity contribution in [3.63, 3.8) is 0 Å². The monoisotopic (exact) mass is 395 g/mol. The summed E-state index contributed by atoms with van der Waals surface area (Å²) in [6.07, 6.45) is 1.67. The third-order valence-electron chi connectivity index (χ3n) is 5.58. The fraction of sp³-hybridized carbons (Fsp3) is 0.409. The van der Waals surface area contributed by atoms with Crippen LogP contribution in [0.15, 0.2) is 30.3 Å². The number of hydrogen-bond acceptors (Lipinski definition) is 6. The highest BCUT2D eigenvalue weighted by Gasteiger charge is 2.33. The third kappa shape index (κ3) is 3.70. The molecular weight excluding hydrogens is 372 g/mol. The number of carbonyl (C=O) groups excluding carboxylic acids is 3. The van der Waals surface area contributed by atoms with Crippen LogP contribution in [0.1, 0.15) is 46.4 Å². The van der Waals surface area contributed by atoms with E-state index in [1.807, 2.05) is 24.3 Å². The van der Waals surface area contributed by atoms with Gasteiger partial charge < -0.3 is 19.5 Å². The molecule has 0 radical (unpaired) electrons. The number of carboxylic acid groups (broad SMARTS) is 1. The molecule has 0 unspecified atom stereocenters. The van der Waals surface area contributed by atoms with Crippen molar-refractivity contribution in [1.82, 2.24) is 4.90 Å². The van der Waals surface area contributed by atoms with E-state index >= 15 is 0 Å². The van der Waals surface area contributed by atoms with Gasteiger partial charge in [-0.3, -0.25) is 14.5 Å². The van der Waals surface area contributed by atoms with Crippen molar-refractivity contribution >= 4 is 34.2 Å². The van der Waals surface area contributed by atoms with Crippen molar-refractivity contribution in [2.75, 3.05) is 37.7 Å². The molecule has 1 fully saturated rings. The molecule has 0 N–H and O–H groups in total. The summed E-state index contributed by atoms with van der Waals surface area (Å²) >= 11 is 0. The van der Waals surface area contributed by atoms with Crippen LogP contribution < -0.4 is 10.0 Å². The molecule has 2 aliphatic heterocycles. The van der Waals surface area contributed by atoms with E-state index in [9.17, 15) is 19.5 Å².